The minimum Gasteiger partial charge on any atom is -0.467 e. The first-order valence-electron chi connectivity index (χ1n) is 6.33. The maximum atomic E-state index is 12.2. The van der Waals surface area contributed by atoms with E-state index in [2.05, 4.69) is 5.32 Å². The molecule has 0 bridgehead atoms. The molecule has 1 unspecified atom stereocenters. The Hall–Kier alpha value is -1.84. The number of rotatable bonds is 4. The largest absolute Gasteiger partial charge is 0.467 e. The summed E-state index contributed by atoms with van der Waals surface area (Å²) < 4.78 is 4.71. The number of carbonyl (C=O) groups is 2. The summed E-state index contributed by atoms with van der Waals surface area (Å²) in [5.41, 5.74) is 2.56. The predicted octanol–water partition coefficient (Wildman–Crippen LogP) is 2.23. The summed E-state index contributed by atoms with van der Waals surface area (Å²) in [4.78, 5) is 23.9. The maximum absolute atomic E-state index is 12.2. The van der Waals surface area contributed by atoms with Crippen LogP contribution in [0.2, 0.25) is 0 Å². The highest BCUT2D eigenvalue weighted by Crippen LogP contribution is 2.13. The van der Waals surface area contributed by atoms with Crippen molar-refractivity contribution in [3.05, 3.63) is 34.9 Å². The van der Waals surface area contributed by atoms with Crippen molar-refractivity contribution in [2.75, 3.05) is 7.11 Å². The average Bonchev–Trinajstić information content (AvgIpc) is 2.37. The third kappa shape index (κ3) is 3.56. The molecule has 0 saturated heterocycles. The van der Waals surface area contributed by atoms with Gasteiger partial charge in [0.2, 0.25) is 0 Å². The van der Waals surface area contributed by atoms with Crippen molar-refractivity contribution in [2.24, 2.45) is 5.92 Å². The van der Waals surface area contributed by atoms with E-state index in [1.165, 1.54) is 7.11 Å². The van der Waals surface area contributed by atoms with Gasteiger partial charge >= 0.3 is 5.97 Å². The number of amides is 1. The Balaban J connectivity index is 2.94. The Bertz CT molecular complexity index is 480. The molecule has 0 saturated carbocycles. The number of benzene rings is 1. The molecule has 1 aromatic rings. The number of nitrogens with one attached hydrogen (secondary N) is 1. The van der Waals surface area contributed by atoms with E-state index >= 15 is 0 Å². The van der Waals surface area contributed by atoms with Gasteiger partial charge in [0.15, 0.2) is 0 Å². The third-order valence-corrected chi connectivity index (χ3v) is 3.26. The Morgan fingerprint density at radius 3 is 2.37 bits per heavy atom. The number of methoxy groups -OCH3 is 1. The molecular formula is C15H21NO3. The van der Waals surface area contributed by atoms with Crippen LogP contribution in [0.1, 0.15) is 35.3 Å². The molecular weight excluding hydrogens is 242 g/mol. The van der Waals surface area contributed by atoms with Gasteiger partial charge in [-0.25, -0.2) is 4.79 Å². The van der Waals surface area contributed by atoms with Crippen LogP contribution >= 0.6 is 0 Å². The van der Waals surface area contributed by atoms with Gasteiger partial charge in [-0.1, -0.05) is 26.0 Å². The van der Waals surface area contributed by atoms with Crippen LogP contribution in [0, 0.1) is 19.8 Å². The zero-order chi connectivity index (χ0) is 14.6. The molecule has 1 atom stereocenters. The Kier molecular flexibility index (Phi) is 5.10. The molecule has 0 heterocycles. The summed E-state index contributed by atoms with van der Waals surface area (Å²) in [6.45, 7) is 7.58. The van der Waals surface area contributed by atoms with E-state index in [1.54, 1.807) is 6.07 Å². The van der Waals surface area contributed by atoms with Gasteiger partial charge in [0, 0.05) is 5.56 Å². The van der Waals surface area contributed by atoms with Crippen LogP contribution in [0.15, 0.2) is 18.2 Å². The second-order valence-corrected chi connectivity index (χ2v) is 4.97. The topological polar surface area (TPSA) is 55.4 Å². The van der Waals surface area contributed by atoms with E-state index in [9.17, 15) is 9.59 Å². The highest BCUT2D eigenvalue weighted by Gasteiger charge is 2.25. The van der Waals surface area contributed by atoms with Gasteiger partial charge in [-0.3, -0.25) is 4.79 Å². The molecule has 0 aliphatic carbocycles. The lowest BCUT2D eigenvalue weighted by Crippen LogP contribution is -2.45. The summed E-state index contributed by atoms with van der Waals surface area (Å²) in [5.74, 6) is -0.694. The zero-order valence-electron chi connectivity index (χ0n) is 12.1. The molecule has 4 nitrogen and oxygen atoms in total. The van der Waals surface area contributed by atoms with Gasteiger partial charge in [-0.05, 0) is 37.0 Å². The lowest BCUT2D eigenvalue weighted by atomic mass is 10.0. The van der Waals surface area contributed by atoms with E-state index in [1.807, 2.05) is 39.8 Å². The molecule has 0 aliphatic heterocycles. The molecule has 4 heteroatoms. The number of hydrogen-bond donors (Lipinski definition) is 1. The van der Waals surface area contributed by atoms with Crippen LogP contribution in [0.3, 0.4) is 0 Å². The molecule has 1 aromatic carbocycles. The minimum atomic E-state index is -0.627. The number of hydrogen-bond acceptors (Lipinski definition) is 3. The average molecular weight is 263 g/mol. The highest BCUT2D eigenvalue weighted by molar-refractivity contribution is 5.98. The summed E-state index contributed by atoms with van der Waals surface area (Å²) in [5, 5.41) is 2.74. The Labute approximate surface area is 114 Å². The number of esters is 1. The fraction of sp³-hybridized carbons (Fsp3) is 0.467. The van der Waals surface area contributed by atoms with Crippen molar-refractivity contribution in [1.29, 1.82) is 0 Å². The van der Waals surface area contributed by atoms with Gasteiger partial charge in [0.25, 0.3) is 5.91 Å². The molecule has 0 fully saturated rings. The second kappa shape index (κ2) is 6.36. The normalized spacial score (nSPS) is 12.1. The van der Waals surface area contributed by atoms with Gasteiger partial charge in [-0.2, -0.15) is 0 Å². The summed E-state index contributed by atoms with van der Waals surface area (Å²) >= 11 is 0. The summed E-state index contributed by atoms with van der Waals surface area (Å²) in [6.07, 6.45) is 0. The second-order valence-electron chi connectivity index (χ2n) is 4.97. The number of ether oxygens (including phenoxy) is 1. The fourth-order valence-corrected chi connectivity index (χ4v) is 1.84. The van der Waals surface area contributed by atoms with Crippen molar-refractivity contribution < 1.29 is 14.3 Å². The molecule has 1 amide bonds. The van der Waals surface area contributed by atoms with Crippen molar-refractivity contribution in [1.82, 2.24) is 5.32 Å². The molecule has 0 aliphatic rings. The van der Waals surface area contributed by atoms with Gasteiger partial charge in [0.05, 0.1) is 7.11 Å². The van der Waals surface area contributed by atoms with E-state index < -0.39 is 12.0 Å². The van der Waals surface area contributed by atoms with Crippen molar-refractivity contribution in [3.8, 4) is 0 Å². The molecule has 19 heavy (non-hydrogen) atoms. The van der Waals surface area contributed by atoms with Gasteiger partial charge in [0.1, 0.15) is 6.04 Å². The van der Waals surface area contributed by atoms with Crippen molar-refractivity contribution in [2.45, 2.75) is 33.7 Å². The van der Waals surface area contributed by atoms with Crippen molar-refractivity contribution in [3.63, 3.8) is 0 Å². The van der Waals surface area contributed by atoms with E-state index in [0.29, 0.717) is 5.56 Å². The zero-order valence-corrected chi connectivity index (χ0v) is 12.1. The summed E-state index contributed by atoms with van der Waals surface area (Å²) in [7, 11) is 1.32. The smallest absolute Gasteiger partial charge is 0.328 e. The third-order valence-electron chi connectivity index (χ3n) is 3.26. The molecule has 0 radical (unpaired) electrons. The lowest BCUT2D eigenvalue weighted by molar-refractivity contribution is -0.144. The number of aryl methyl sites for hydroxylation is 1. The van der Waals surface area contributed by atoms with Crippen LogP contribution in [0.5, 0.6) is 0 Å². The quantitative estimate of drug-likeness (QED) is 0.847. The first-order chi connectivity index (χ1) is 8.88. The first-order valence-corrected chi connectivity index (χ1v) is 6.33. The molecule has 1 rings (SSSR count). The van der Waals surface area contributed by atoms with Crippen LogP contribution in [0.25, 0.3) is 0 Å². The van der Waals surface area contributed by atoms with Crippen LogP contribution < -0.4 is 5.32 Å². The molecule has 0 spiro atoms. The van der Waals surface area contributed by atoms with Gasteiger partial charge < -0.3 is 10.1 Å². The predicted molar refractivity (Wildman–Crippen MR) is 74.0 cm³/mol. The van der Waals surface area contributed by atoms with E-state index in [4.69, 9.17) is 4.74 Å². The van der Waals surface area contributed by atoms with Crippen molar-refractivity contribution >= 4 is 11.9 Å². The monoisotopic (exact) mass is 263 g/mol. The molecule has 0 aromatic heterocycles. The lowest BCUT2D eigenvalue weighted by Gasteiger charge is -2.20. The Morgan fingerprint density at radius 1 is 1.21 bits per heavy atom. The highest BCUT2D eigenvalue weighted by atomic mass is 16.5. The van der Waals surface area contributed by atoms with Gasteiger partial charge in [-0.15, -0.1) is 0 Å². The molecule has 1 N–H and O–H groups in total. The number of carbonyl (C=O) groups excluding carboxylic acids is 2. The first kappa shape index (κ1) is 15.2. The standard InChI is InChI=1S/C15H21NO3/c1-9(2)13(15(18)19-5)16-14(17)12-8-6-7-10(3)11(12)4/h6-9,13H,1-5H3,(H,16,17). The van der Waals surface area contributed by atoms with E-state index in [0.717, 1.165) is 11.1 Å². The van der Waals surface area contributed by atoms with Crippen LogP contribution in [-0.4, -0.2) is 25.0 Å². The summed E-state index contributed by atoms with van der Waals surface area (Å²) in [6, 6.07) is 4.91. The Morgan fingerprint density at radius 2 is 1.84 bits per heavy atom. The fourth-order valence-electron chi connectivity index (χ4n) is 1.84. The van der Waals surface area contributed by atoms with E-state index in [-0.39, 0.29) is 11.8 Å². The van der Waals surface area contributed by atoms with Crippen LogP contribution in [-0.2, 0) is 9.53 Å². The minimum absolute atomic E-state index is 0.0264. The maximum Gasteiger partial charge on any atom is 0.328 e. The SMILES string of the molecule is COC(=O)C(NC(=O)c1cccc(C)c1C)C(C)C. The molecule has 104 valence electrons. The van der Waals surface area contributed by atoms with Crippen LogP contribution in [0.4, 0.5) is 0 Å².